The number of anilines is 1. The molecule has 5 nitrogen and oxygen atoms in total. The minimum atomic E-state index is 0.00587. The van der Waals surface area contributed by atoms with Gasteiger partial charge >= 0.3 is 0 Å². The molecule has 2 heterocycles. The molecule has 2 aliphatic rings. The van der Waals surface area contributed by atoms with E-state index in [0.717, 1.165) is 50.5 Å². The number of aliphatic hydroxyl groups is 1. The molecule has 6 heteroatoms. The molecule has 2 N–H and O–H groups in total. The second kappa shape index (κ2) is 5.84. The van der Waals surface area contributed by atoms with Gasteiger partial charge in [-0.25, -0.2) is 9.97 Å². The van der Waals surface area contributed by atoms with E-state index < -0.39 is 0 Å². The zero-order valence-corrected chi connectivity index (χ0v) is 12.2. The molecule has 1 aliphatic heterocycles. The molecule has 1 atom stereocenters. The van der Waals surface area contributed by atoms with E-state index in [9.17, 15) is 5.11 Å². The van der Waals surface area contributed by atoms with E-state index in [2.05, 4.69) is 15.3 Å². The van der Waals surface area contributed by atoms with E-state index in [-0.39, 0.29) is 12.0 Å². The molecule has 1 aromatic heterocycles. The van der Waals surface area contributed by atoms with Crippen LogP contribution in [0.25, 0.3) is 0 Å². The van der Waals surface area contributed by atoms with Crippen molar-refractivity contribution in [2.24, 2.45) is 5.41 Å². The maximum absolute atomic E-state index is 9.23. The Kier molecular flexibility index (Phi) is 4.10. The summed E-state index contributed by atoms with van der Waals surface area (Å²) in [6.45, 7) is 2.38. The molecule has 20 heavy (non-hydrogen) atoms. The van der Waals surface area contributed by atoms with Crippen LogP contribution in [0.4, 0.5) is 5.82 Å². The fraction of sp³-hybridized carbons (Fsp3) is 0.714. The second-order valence-electron chi connectivity index (χ2n) is 5.84. The number of hydrogen-bond donors (Lipinski definition) is 2. The van der Waals surface area contributed by atoms with Gasteiger partial charge in [0.2, 0.25) is 0 Å². The Morgan fingerprint density at radius 1 is 1.45 bits per heavy atom. The monoisotopic (exact) mass is 297 g/mol. The van der Waals surface area contributed by atoms with Crippen LogP contribution >= 0.6 is 11.6 Å². The molecule has 1 saturated heterocycles. The predicted octanol–water partition coefficient (Wildman–Crippen LogP) is 2.21. The third kappa shape index (κ3) is 3.22. The van der Waals surface area contributed by atoms with Crippen molar-refractivity contribution in [3.63, 3.8) is 0 Å². The van der Waals surface area contributed by atoms with Crippen LogP contribution in [0, 0.1) is 5.41 Å². The molecule has 1 aliphatic carbocycles. The molecule has 1 saturated carbocycles. The van der Waals surface area contributed by atoms with Gasteiger partial charge in [-0.3, -0.25) is 0 Å². The number of rotatable bonds is 6. The second-order valence-corrected chi connectivity index (χ2v) is 6.23. The van der Waals surface area contributed by atoms with Gasteiger partial charge in [0.1, 0.15) is 16.8 Å². The zero-order chi connectivity index (χ0) is 14.0. The molecule has 0 amide bonds. The van der Waals surface area contributed by atoms with E-state index >= 15 is 0 Å². The summed E-state index contributed by atoms with van der Waals surface area (Å²) in [7, 11) is 0. The van der Waals surface area contributed by atoms with Gasteiger partial charge in [0.05, 0.1) is 6.61 Å². The number of ether oxygens (including phenoxy) is 1. The molecule has 0 aromatic carbocycles. The molecular formula is C14H20ClN3O2. The number of halogens is 1. The van der Waals surface area contributed by atoms with Crippen molar-refractivity contribution in [3.05, 3.63) is 17.0 Å². The normalized spacial score (nSPS) is 25.9. The van der Waals surface area contributed by atoms with Crippen LogP contribution in [0.1, 0.15) is 37.4 Å². The number of aromatic nitrogens is 2. The Labute approximate surface area is 123 Å². The van der Waals surface area contributed by atoms with Crippen molar-refractivity contribution >= 4 is 17.4 Å². The fourth-order valence-electron chi connectivity index (χ4n) is 2.64. The Morgan fingerprint density at radius 3 is 2.95 bits per heavy atom. The maximum atomic E-state index is 9.23. The van der Waals surface area contributed by atoms with E-state index in [4.69, 9.17) is 16.3 Å². The van der Waals surface area contributed by atoms with E-state index in [1.807, 2.05) is 0 Å². The summed E-state index contributed by atoms with van der Waals surface area (Å²) in [6.07, 6.45) is 4.02. The lowest BCUT2D eigenvalue weighted by Gasteiger charge is -2.27. The maximum Gasteiger partial charge on any atom is 0.135 e. The van der Waals surface area contributed by atoms with Crippen molar-refractivity contribution in [1.82, 2.24) is 9.97 Å². The van der Waals surface area contributed by atoms with Gasteiger partial charge in [-0.1, -0.05) is 11.6 Å². The first kappa shape index (κ1) is 14.0. The molecule has 0 radical (unpaired) electrons. The van der Waals surface area contributed by atoms with E-state index in [1.54, 1.807) is 6.07 Å². The summed E-state index contributed by atoms with van der Waals surface area (Å²) in [5.74, 6) is 2.10. The largest absolute Gasteiger partial charge is 0.396 e. The lowest BCUT2D eigenvalue weighted by molar-refractivity contribution is 0.133. The SMILES string of the molecule is OCCC1(CNc2cc(Cl)nc(C3CC3)n2)CCOC1. The number of hydrogen-bond acceptors (Lipinski definition) is 5. The minimum Gasteiger partial charge on any atom is -0.396 e. The zero-order valence-electron chi connectivity index (χ0n) is 11.4. The van der Waals surface area contributed by atoms with Crippen molar-refractivity contribution < 1.29 is 9.84 Å². The van der Waals surface area contributed by atoms with E-state index in [1.165, 1.54) is 0 Å². The highest BCUT2D eigenvalue weighted by molar-refractivity contribution is 6.29. The standard InChI is InChI=1S/C14H20ClN3O2/c15-11-7-12(18-13(17-11)10-1-2-10)16-8-14(3-5-19)4-6-20-9-14/h7,10,19H,1-6,8-9H2,(H,16,17,18). The van der Waals surface area contributed by atoms with E-state index in [0.29, 0.717) is 17.7 Å². The van der Waals surface area contributed by atoms with Crippen LogP contribution in [0.15, 0.2) is 6.07 Å². The fourth-order valence-corrected chi connectivity index (χ4v) is 2.83. The van der Waals surface area contributed by atoms with Gasteiger partial charge in [0, 0.05) is 37.2 Å². The number of nitrogens with one attached hydrogen (secondary N) is 1. The summed E-state index contributed by atoms with van der Waals surface area (Å²) in [5.41, 5.74) is 0.00587. The van der Waals surface area contributed by atoms with Gasteiger partial charge < -0.3 is 15.2 Å². The third-order valence-corrected chi connectivity index (χ3v) is 4.32. The molecule has 0 spiro atoms. The average molecular weight is 298 g/mol. The van der Waals surface area contributed by atoms with Gasteiger partial charge in [-0.15, -0.1) is 0 Å². The Balaban J connectivity index is 1.67. The molecule has 110 valence electrons. The van der Waals surface area contributed by atoms with Crippen molar-refractivity contribution in [1.29, 1.82) is 0 Å². The topological polar surface area (TPSA) is 67.3 Å². The number of nitrogens with zero attached hydrogens (tertiary/aromatic N) is 2. The molecule has 2 fully saturated rings. The van der Waals surface area contributed by atoms with Crippen LogP contribution in [-0.4, -0.2) is 41.4 Å². The first-order valence-electron chi connectivity index (χ1n) is 7.18. The average Bonchev–Trinajstić information content (AvgIpc) is 3.18. The summed E-state index contributed by atoms with van der Waals surface area (Å²) in [5, 5.41) is 13.1. The smallest absolute Gasteiger partial charge is 0.135 e. The third-order valence-electron chi connectivity index (χ3n) is 4.13. The van der Waals surface area contributed by atoms with Crippen LogP contribution in [0.5, 0.6) is 0 Å². The molecule has 1 unspecified atom stereocenters. The quantitative estimate of drug-likeness (QED) is 0.788. The van der Waals surface area contributed by atoms with Crippen molar-refractivity contribution in [3.8, 4) is 0 Å². The summed E-state index contributed by atoms with van der Waals surface area (Å²) in [6, 6.07) is 1.76. The molecule has 0 bridgehead atoms. The van der Waals surface area contributed by atoms with Gasteiger partial charge in [-0.05, 0) is 25.7 Å². The Hall–Kier alpha value is -0.910. The first-order valence-corrected chi connectivity index (χ1v) is 7.56. The number of aliphatic hydroxyl groups excluding tert-OH is 1. The van der Waals surface area contributed by atoms with Gasteiger partial charge in [-0.2, -0.15) is 0 Å². The first-order chi connectivity index (χ1) is 9.71. The summed E-state index contributed by atoms with van der Waals surface area (Å²) >= 11 is 6.06. The highest BCUT2D eigenvalue weighted by atomic mass is 35.5. The van der Waals surface area contributed by atoms with Crippen LogP contribution in [-0.2, 0) is 4.74 Å². The molecule has 1 aromatic rings. The van der Waals surface area contributed by atoms with Crippen molar-refractivity contribution in [2.75, 3.05) is 31.7 Å². The van der Waals surface area contributed by atoms with Crippen LogP contribution in [0.3, 0.4) is 0 Å². The minimum absolute atomic E-state index is 0.00587. The summed E-state index contributed by atoms with van der Waals surface area (Å²) < 4.78 is 5.49. The molecule has 3 rings (SSSR count). The van der Waals surface area contributed by atoms with Gasteiger partial charge in [0.25, 0.3) is 0 Å². The Morgan fingerprint density at radius 2 is 2.30 bits per heavy atom. The Bertz CT molecular complexity index is 473. The van der Waals surface area contributed by atoms with Crippen molar-refractivity contribution in [2.45, 2.75) is 31.6 Å². The lowest BCUT2D eigenvalue weighted by Crippen LogP contribution is -2.31. The predicted molar refractivity (Wildman–Crippen MR) is 77.1 cm³/mol. The van der Waals surface area contributed by atoms with Crippen LogP contribution in [0.2, 0.25) is 5.15 Å². The highest BCUT2D eigenvalue weighted by Crippen LogP contribution is 2.39. The highest BCUT2D eigenvalue weighted by Gasteiger charge is 2.34. The van der Waals surface area contributed by atoms with Crippen LogP contribution < -0.4 is 5.32 Å². The molecular weight excluding hydrogens is 278 g/mol. The summed E-state index contributed by atoms with van der Waals surface area (Å²) in [4.78, 5) is 8.82. The van der Waals surface area contributed by atoms with Gasteiger partial charge in [0.15, 0.2) is 0 Å². The lowest BCUT2D eigenvalue weighted by atomic mass is 9.84.